The first kappa shape index (κ1) is 15.0. The summed E-state index contributed by atoms with van der Waals surface area (Å²) in [5, 5.41) is 8.87. The highest BCUT2D eigenvalue weighted by Gasteiger charge is 2.19. The second-order valence-electron chi connectivity index (χ2n) is 4.13. The highest BCUT2D eigenvalue weighted by atomic mass is 35.5. The fourth-order valence-corrected chi connectivity index (χ4v) is 2.91. The maximum Gasteiger partial charge on any atom is 0.266 e. The zero-order valence-electron chi connectivity index (χ0n) is 10.8. The van der Waals surface area contributed by atoms with Crippen LogP contribution in [0.3, 0.4) is 0 Å². The lowest BCUT2D eigenvalue weighted by Gasteiger charge is -2.09. The van der Waals surface area contributed by atoms with E-state index < -0.39 is 10.0 Å². The van der Waals surface area contributed by atoms with Gasteiger partial charge in [0.25, 0.3) is 10.0 Å². The van der Waals surface area contributed by atoms with Gasteiger partial charge >= 0.3 is 0 Å². The molecule has 0 aliphatic rings. The largest absolute Gasteiger partial charge is 0.398 e. The van der Waals surface area contributed by atoms with Crippen molar-refractivity contribution in [1.29, 1.82) is 5.26 Å². The summed E-state index contributed by atoms with van der Waals surface area (Å²) in [6.07, 6.45) is 0. The number of sulfonamides is 1. The lowest BCUT2D eigenvalue weighted by molar-refractivity contribution is 0.601. The van der Waals surface area contributed by atoms with E-state index in [9.17, 15) is 8.42 Å². The number of aromatic nitrogens is 2. The molecule has 0 amide bonds. The van der Waals surface area contributed by atoms with Crippen LogP contribution in [0.1, 0.15) is 11.3 Å². The molecule has 108 valence electrons. The molecule has 1 aromatic carbocycles. The van der Waals surface area contributed by atoms with Crippen LogP contribution in [0.4, 0.5) is 11.6 Å². The van der Waals surface area contributed by atoms with Crippen LogP contribution in [0.2, 0.25) is 5.15 Å². The Morgan fingerprint density at radius 1 is 1.33 bits per heavy atom. The lowest BCUT2D eigenvalue weighted by atomic mass is 10.2. The number of nitrogen functional groups attached to an aromatic ring is 1. The standard InChI is InChI=1S/C12H10ClN5O2S/c1-7-4-11(13)17-12(16-7)18-21(19,20)10-3-2-8(6-14)5-9(10)15/h2-5H,15H2,1H3,(H,16,17,18). The van der Waals surface area contributed by atoms with Gasteiger partial charge in [-0.05, 0) is 31.2 Å². The number of rotatable bonds is 3. The van der Waals surface area contributed by atoms with Crippen LogP contribution >= 0.6 is 11.6 Å². The molecule has 3 N–H and O–H groups in total. The Balaban J connectivity index is 2.41. The quantitative estimate of drug-likeness (QED) is 0.654. The van der Waals surface area contributed by atoms with Crippen molar-refractivity contribution in [2.24, 2.45) is 0 Å². The summed E-state index contributed by atoms with van der Waals surface area (Å²) in [6.45, 7) is 1.65. The highest BCUT2D eigenvalue weighted by molar-refractivity contribution is 7.92. The van der Waals surface area contributed by atoms with Crippen molar-refractivity contribution in [3.8, 4) is 6.07 Å². The molecule has 0 aliphatic heterocycles. The third kappa shape index (κ3) is 3.39. The van der Waals surface area contributed by atoms with Gasteiger partial charge in [0.05, 0.1) is 17.3 Å². The molecular weight excluding hydrogens is 314 g/mol. The third-order valence-electron chi connectivity index (χ3n) is 2.48. The normalized spacial score (nSPS) is 10.9. The molecule has 1 heterocycles. The second kappa shape index (κ2) is 5.55. The monoisotopic (exact) mass is 323 g/mol. The van der Waals surface area contributed by atoms with Crippen LogP contribution in [0.25, 0.3) is 0 Å². The molecule has 0 saturated carbocycles. The molecule has 0 spiro atoms. The maximum absolute atomic E-state index is 12.2. The summed E-state index contributed by atoms with van der Waals surface area (Å²) in [5.74, 6) is -0.149. The Morgan fingerprint density at radius 3 is 2.62 bits per heavy atom. The van der Waals surface area contributed by atoms with Gasteiger partial charge in [0.1, 0.15) is 10.0 Å². The van der Waals surface area contributed by atoms with E-state index in [1.807, 2.05) is 6.07 Å². The van der Waals surface area contributed by atoms with Crippen LogP contribution in [-0.4, -0.2) is 18.4 Å². The van der Waals surface area contributed by atoms with E-state index in [0.717, 1.165) is 0 Å². The van der Waals surface area contributed by atoms with Crippen molar-refractivity contribution in [1.82, 2.24) is 9.97 Å². The van der Waals surface area contributed by atoms with Crippen molar-refractivity contribution in [3.05, 3.63) is 40.7 Å². The van der Waals surface area contributed by atoms with E-state index in [1.165, 1.54) is 24.3 Å². The zero-order valence-corrected chi connectivity index (χ0v) is 12.4. The van der Waals surface area contributed by atoms with Gasteiger partial charge in [-0.15, -0.1) is 0 Å². The van der Waals surface area contributed by atoms with Crippen LogP contribution in [0, 0.1) is 18.3 Å². The minimum atomic E-state index is -3.97. The van der Waals surface area contributed by atoms with Crippen LogP contribution in [0.5, 0.6) is 0 Å². The summed E-state index contributed by atoms with van der Waals surface area (Å²) >= 11 is 5.75. The Kier molecular flexibility index (Phi) is 3.97. The minimum absolute atomic E-state index is 0.0414. The SMILES string of the molecule is Cc1cc(Cl)nc(NS(=O)(=O)c2ccc(C#N)cc2N)n1. The van der Waals surface area contributed by atoms with Gasteiger partial charge in [-0.1, -0.05) is 11.6 Å². The van der Waals surface area contributed by atoms with E-state index in [4.69, 9.17) is 22.6 Å². The first-order valence-electron chi connectivity index (χ1n) is 5.65. The number of nitriles is 1. The number of nitrogens with one attached hydrogen (secondary N) is 1. The highest BCUT2D eigenvalue weighted by Crippen LogP contribution is 2.22. The summed E-state index contributed by atoms with van der Waals surface area (Å²) in [5.41, 5.74) is 6.40. The lowest BCUT2D eigenvalue weighted by Crippen LogP contribution is -2.17. The smallest absolute Gasteiger partial charge is 0.266 e. The summed E-state index contributed by atoms with van der Waals surface area (Å²) in [4.78, 5) is 7.54. The molecule has 7 nitrogen and oxygen atoms in total. The predicted octanol–water partition coefficient (Wildman–Crippen LogP) is 1.69. The second-order valence-corrected chi connectivity index (χ2v) is 6.16. The maximum atomic E-state index is 12.2. The summed E-state index contributed by atoms with van der Waals surface area (Å²) in [6, 6.07) is 7.25. The number of hydrogen-bond donors (Lipinski definition) is 2. The van der Waals surface area contributed by atoms with Gasteiger partial charge in [0.2, 0.25) is 5.95 Å². The molecule has 0 fully saturated rings. The number of hydrogen-bond acceptors (Lipinski definition) is 6. The molecule has 0 unspecified atom stereocenters. The Labute approximate surface area is 126 Å². The zero-order chi connectivity index (χ0) is 15.6. The first-order chi connectivity index (χ1) is 9.81. The van der Waals surface area contributed by atoms with E-state index in [0.29, 0.717) is 5.69 Å². The Hall–Kier alpha value is -2.37. The van der Waals surface area contributed by atoms with Crippen LogP contribution in [0.15, 0.2) is 29.2 Å². The van der Waals surface area contributed by atoms with Gasteiger partial charge < -0.3 is 5.73 Å². The van der Waals surface area contributed by atoms with Crippen molar-refractivity contribution in [2.45, 2.75) is 11.8 Å². The minimum Gasteiger partial charge on any atom is -0.398 e. The number of aryl methyl sites for hydroxylation is 1. The van der Waals surface area contributed by atoms with Crippen molar-refractivity contribution < 1.29 is 8.42 Å². The molecule has 2 aromatic rings. The molecule has 0 atom stereocenters. The van der Waals surface area contributed by atoms with Gasteiger partial charge in [-0.2, -0.15) is 5.26 Å². The fraction of sp³-hybridized carbons (Fsp3) is 0.0833. The van der Waals surface area contributed by atoms with E-state index in [1.54, 1.807) is 6.92 Å². The topological polar surface area (TPSA) is 122 Å². The molecular formula is C12H10ClN5O2S. The molecule has 0 aliphatic carbocycles. The molecule has 0 saturated heterocycles. The van der Waals surface area contributed by atoms with E-state index in [2.05, 4.69) is 14.7 Å². The van der Waals surface area contributed by atoms with Gasteiger partial charge in [0, 0.05) is 5.69 Å². The van der Waals surface area contributed by atoms with Crippen LogP contribution in [-0.2, 0) is 10.0 Å². The van der Waals surface area contributed by atoms with E-state index in [-0.39, 0.29) is 27.2 Å². The van der Waals surface area contributed by atoms with Crippen molar-refractivity contribution >= 4 is 33.3 Å². The average molecular weight is 324 g/mol. The number of anilines is 2. The molecule has 0 bridgehead atoms. The fourth-order valence-electron chi connectivity index (χ4n) is 1.61. The van der Waals surface area contributed by atoms with Crippen LogP contribution < -0.4 is 10.5 Å². The molecule has 9 heteroatoms. The van der Waals surface area contributed by atoms with Gasteiger partial charge in [0.15, 0.2) is 0 Å². The van der Waals surface area contributed by atoms with Gasteiger partial charge in [-0.25, -0.2) is 23.1 Å². The molecule has 0 radical (unpaired) electrons. The van der Waals surface area contributed by atoms with Crippen molar-refractivity contribution in [2.75, 3.05) is 10.5 Å². The summed E-state index contributed by atoms with van der Waals surface area (Å²) in [7, 11) is -3.97. The third-order valence-corrected chi connectivity index (χ3v) is 4.07. The molecule has 1 aromatic heterocycles. The van der Waals surface area contributed by atoms with E-state index >= 15 is 0 Å². The predicted molar refractivity (Wildman–Crippen MR) is 78.2 cm³/mol. The van der Waals surface area contributed by atoms with Crippen molar-refractivity contribution in [3.63, 3.8) is 0 Å². The molecule has 2 rings (SSSR count). The number of nitrogens with two attached hydrogens (primary N) is 1. The average Bonchev–Trinajstić information content (AvgIpc) is 2.36. The number of benzene rings is 1. The Bertz CT molecular complexity index is 825. The summed E-state index contributed by atoms with van der Waals surface area (Å²) < 4.78 is 26.7. The van der Waals surface area contributed by atoms with Gasteiger partial charge in [-0.3, -0.25) is 0 Å². The Morgan fingerprint density at radius 2 is 2.05 bits per heavy atom. The molecule has 21 heavy (non-hydrogen) atoms. The number of halogens is 1. The number of nitrogens with zero attached hydrogens (tertiary/aromatic N) is 3. The first-order valence-corrected chi connectivity index (χ1v) is 7.51.